The summed E-state index contributed by atoms with van der Waals surface area (Å²) in [5.41, 5.74) is 0.955. The van der Waals surface area contributed by atoms with Gasteiger partial charge in [-0.1, -0.05) is 30.3 Å². The van der Waals surface area contributed by atoms with Crippen LogP contribution < -0.4 is 24.8 Å². The Kier molecular flexibility index (Phi) is 7.43. The van der Waals surface area contributed by atoms with E-state index in [9.17, 15) is 18.4 Å². The van der Waals surface area contributed by atoms with Gasteiger partial charge in [0.25, 0.3) is 5.91 Å². The maximum atomic E-state index is 12.4. The summed E-state index contributed by atoms with van der Waals surface area (Å²) in [6, 6.07) is 15.3. The molecule has 0 radical (unpaired) electrons. The van der Waals surface area contributed by atoms with Crippen molar-refractivity contribution in [3.8, 4) is 17.2 Å². The van der Waals surface area contributed by atoms with Gasteiger partial charge < -0.3 is 24.8 Å². The molecule has 0 aliphatic rings. The van der Waals surface area contributed by atoms with E-state index in [0.717, 1.165) is 16.3 Å². The Morgan fingerprint density at radius 1 is 0.906 bits per heavy atom. The van der Waals surface area contributed by atoms with Crippen LogP contribution in [-0.2, 0) is 11.3 Å². The molecule has 168 valence electrons. The van der Waals surface area contributed by atoms with Gasteiger partial charge in [-0.2, -0.15) is 8.78 Å². The number of ether oxygens (including phenoxy) is 3. The van der Waals surface area contributed by atoms with Crippen LogP contribution in [0.2, 0.25) is 0 Å². The van der Waals surface area contributed by atoms with Gasteiger partial charge in [0, 0.05) is 17.7 Å². The molecule has 0 saturated carbocycles. The lowest BCUT2D eigenvalue weighted by Gasteiger charge is -2.14. The Bertz CT molecular complexity index is 1120. The summed E-state index contributed by atoms with van der Waals surface area (Å²) in [5, 5.41) is 7.22. The first kappa shape index (κ1) is 22.8. The first-order chi connectivity index (χ1) is 15.4. The Morgan fingerprint density at radius 2 is 1.62 bits per heavy atom. The van der Waals surface area contributed by atoms with Crippen LogP contribution in [0.5, 0.6) is 17.2 Å². The molecule has 0 atom stereocenters. The standard InChI is InChI=1S/C23H22F2N2O5/c1-30-18-9-7-14-5-3-4-6-16(14)17(18)12-26-21(28)13-27-22(29)15-8-10-19(32-23(24)25)20(11-15)31-2/h3-11,23H,12-13H2,1-2H3,(H,26,28)(H,27,29). The minimum absolute atomic E-state index is 0.0227. The zero-order valence-electron chi connectivity index (χ0n) is 17.5. The van der Waals surface area contributed by atoms with Gasteiger partial charge >= 0.3 is 6.61 Å². The Balaban J connectivity index is 1.61. The third kappa shape index (κ3) is 5.42. The van der Waals surface area contributed by atoms with Gasteiger partial charge in [0.1, 0.15) is 5.75 Å². The van der Waals surface area contributed by atoms with E-state index in [-0.39, 0.29) is 30.2 Å². The molecule has 3 rings (SSSR count). The normalized spacial score (nSPS) is 10.7. The zero-order chi connectivity index (χ0) is 23.1. The molecule has 0 aliphatic carbocycles. The summed E-state index contributed by atoms with van der Waals surface area (Å²) in [7, 11) is 2.83. The summed E-state index contributed by atoms with van der Waals surface area (Å²) >= 11 is 0. The van der Waals surface area contributed by atoms with Gasteiger partial charge in [-0.25, -0.2) is 0 Å². The third-order valence-electron chi connectivity index (χ3n) is 4.73. The average molecular weight is 444 g/mol. The molecule has 0 saturated heterocycles. The molecule has 3 aromatic carbocycles. The van der Waals surface area contributed by atoms with Crippen LogP contribution in [0, 0.1) is 0 Å². The topological polar surface area (TPSA) is 85.9 Å². The molecule has 0 aliphatic heterocycles. The van der Waals surface area contributed by atoms with E-state index in [0.29, 0.717) is 5.75 Å². The molecule has 7 nitrogen and oxygen atoms in total. The fourth-order valence-corrected chi connectivity index (χ4v) is 3.20. The first-order valence-electron chi connectivity index (χ1n) is 9.65. The monoisotopic (exact) mass is 444 g/mol. The number of halogens is 2. The van der Waals surface area contributed by atoms with Crippen molar-refractivity contribution in [2.45, 2.75) is 13.2 Å². The van der Waals surface area contributed by atoms with Crippen LogP contribution in [0.25, 0.3) is 10.8 Å². The van der Waals surface area contributed by atoms with Crippen LogP contribution in [0.15, 0.2) is 54.6 Å². The molecule has 0 spiro atoms. The molecule has 0 aromatic heterocycles. The highest BCUT2D eigenvalue weighted by atomic mass is 19.3. The third-order valence-corrected chi connectivity index (χ3v) is 4.73. The summed E-state index contributed by atoms with van der Waals surface area (Å²) in [6.07, 6.45) is 0. The van der Waals surface area contributed by atoms with Crippen LogP contribution in [-0.4, -0.2) is 39.2 Å². The highest BCUT2D eigenvalue weighted by Gasteiger charge is 2.15. The van der Waals surface area contributed by atoms with E-state index >= 15 is 0 Å². The molecular formula is C23H22F2N2O5. The van der Waals surface area contributed by atoms with E-state index in [4.69, 9.17) is 9.47 Å². The maximum absolute atomic E-state index is 12.4. The predicted octanol–water partition coefficient (Wildman–Crippen LogP) is 3.50. The lowest BCUT2D eigenvalue weighted by atomic mass is 10.0. The number of alkyl halides is 2. The second-order valence-electron chi connectivity index (χ2n) is 6.67. The summed E-state index contributed by atoms with van der Waals surface area (Å²) < 4.78 is 39.6. The first-order valence-corrected chi connectivity index (χ1v) is 9.65. The smallest absolute Gasteiger partial charge is 0.387 e. The molecule has 0 unspecified atom stereocenters. The van der Waals surface area contributed by atoms with Crippen LogP contribution in [0.4, 0.5) is 8.78 Å². The second-order valence-corrected chi connectivity index (χ2v) is 6.67. The zero-order valence-corrected chi connectivity index (χ0v) is 17.5. The van der Waals surface area contributed by atoms with Crippen molar-refractivity contribution in [1.29, 1.82) is 0 Å². The largest absolute Gasteiger partial charge is 0.496 e. The molecule has 2 amide bonds. The highest BCUT2D eigenvalue weighted by Crippen LogP contribution is 2.29. The van der Waals surface area contributed by atoms with Gasteiger partial charge in [0.05, 0.1) is 20.8 Å². The fourth-order valence-electron chi connectivity index (χ4n) is 3.20. The quantitative estimate of drug-likeness (QED) is 0.528. The predicted molar refractivity (Wildman–Crippen MR) is 114 cm³/mol. The number of methoxy groups -OCH3 is 2. The molecule has 32 heavy (non-hydrogen) atoms. The molecule has 9 heteroatoms. The van der Waals surface area contributed by atoms with E-state index in [1.165, 1.54) is 25.3 Å². The molecule has 0 heterocycles. The molecule has 0 fully saturated rings. The summed E-state index contributed by atoms with van der Waals surface area (Å²) in [6.45, 7) is -3.08. The van der Waals surface area contributed by atoms with Crippen molar-refractivity contribution in [3.05, 3.63) is 65.7 Å². The van der Waals surface area contributed by atoms with E-state index < -0.39 is 18.4 Å². The number of carbonyl (C=O) groups excluding carboxylic acids is 2. The van der Waals surface area contributed by atoms with Crippen molar-refractivity contribution in [3.63, 3.8) is 0 Å². The number of nitrogens with one attached hydrogen (secondary N) is 2. The van der Waals surface area contributed by atoms with E-state index in [1.54, 1.807) is 7.11 Å². The minimum Gasteiger partial charge on any atom is -0.496 e. The van der Waals surface area contributed by atoms with E-state index in [2.05, 4.69) is 15.4 Å². The number of carbonyl (C=O) groups is 2. The van der Waals surface area contributed by atoms with Crippen molar-refractivity contribution in [1.82, 2.24) is 10.6 Å². The van der Waals surface area contributed by atoms with Gasteiger partial charge in [-0.3, -0.25) is 9.59 Å². The summed E-state index contributed by atoms with van der Waals surface area (Å²) in [4.78, 5) is 24.6. The fraction of sp³-hybridized carbons (Fsp3) is 0.217. The number of benzene rings is 3. The number of hydrogen-bond donors (Lipinski definition) is 2. The number of hydrogen-bond acceptors (Lipinski definition) is 5. The minimum atomic E-state index is -3.02. The molecular weight excluding hydrogens is 422 g/mol. The van der Waals surface area contributed by atoms with Crippen molar-refractivity contribution < 1.29 is 32.6 Å². The van der Waals surface area contributed by atoms with Gasteiger partial charge in [0.15, 0.2) is 11.5 Å². The number of fused-ring (bicyclic) bond motifs is 1. The lowest BCUT2D eigenvalue weighted by Crippen LogP contribution is -2.36. The van der Waals surface area contributed by atoms with E-state index in [1.807, 2.05) is 36.4 Å². The van der Waals surface area contributed by atoms with Crippen LogP contribution in [0.1, 0.15) is 15.9 Å². The highest BCUT2D eigenvalue weighted by molar-refractivity contribution is 5.97. The van der Waals surface area contributed by atoms with Crippen molar-refractivity contribution >= 4 is 22.6 Å². The maximum Gasteiger partial charge on any atom is 0.387 e. The lowest BCUT2D eigenvalue weighted by molar-refractivity contribution is -0.120. The molecule has 0 bridgehead atoms. The number of amides is 2. The van der Waals surface area contributed by atoms with Crippen molar-refractivity contribution in [2.24, 2.45) is 0 Å². The van der Waals surface area contributed by atoms with Crippen LogP contribution in [0.3, 0.4) is 0 Å². The van der Waals surface area contributed by atoms with Crippen LogP contribution >= 0.6 is 0 Å². The van der Waals surface area contributed by atoms with Crippen molar-refractivity contribution in [2.75, 3.05) is 20.8 Å². The average Bonchev–Trinajstić information content (AvgIpc) is 2.80. The Labute approximate surface area is 183 Å². The summed E-state index contributed by atoms with van der Waals surface area (Å²) in [5.74, 6) is -0.541. The Morgan fingerprint density at radius 3 is 2.34 bits per heavy atom. The van der Waals surface area contributed by atoms with Gasteiger partial charge in [-0.05, 0) is 35.0 Å². The second kappa shape index (κ2) is 10.4. The SMILES string of the molecule is COc1cc(C(=O)NCC(=O)NCc2c(OC)ccc3ccccc23)ccc1OC(F)F. The number of rotatable bonds is 9. The Hall–Kier alpha value is -3.88. The molecule has 3 aromatic rings. The van der Waals surface area contributed by atoms with Gasteiger partial charge in [-0.15, -0.1) is 0 Å². The molecule has 2 N–H and O–H groups in total. The van der Waals surface area contributed by atoms with Gasteiger partial charge in [0.2, 0.25) is 5.91 Å².